The second-order valence-corrected chi connectivity index (χ2v) is 13.3. The zero-order valence-corrected chi connectivity index (χ0v) is 23.2. The van der Waals surface area contributed by atoms with Crippen molar-refractivity contribution in [2.75, 3.05) is 0 Å². The van der Waals surface area contributed by atoms with Gasteiger partial charge < -0.3 is 4.74 Å². The molecule has 6 nitrogen and oxygen atoms in total. The number of ether oxygens (including phenoxy) is 1. The van der Waals surface area contributed by atoms with Gasteiger partial charge in [-0.15, -0.1) is 0 Å². The molecule has 0 aliphatic heterocycles. The van der Waals surface area contributed by atoms with E-state index in [9.17, 15) is 17.4 Å². The molecule has 0 aliphatic rings. The number of esters is 1. The van der Waals surface area contributed by atoms with Gasteiger partial charge in [-0.3, -0.25) is 9.00 Å². The molecule has 0 radical (unpaired) electrons. The number of hydrogen-bond donors (Lipinski definition) is 1. The lowest BCUT2D eigenvalue weighted by Gasteiger charge is -2.29. The Bertz CT molecular complexity index is 1330. The first kappa shape index (κ1) is 28.1. The third-order valence-corrected chi connectivity index (χ3v) is 8.64. The fraction of sp³-hybridized carbons (Fsp3) is 0.296. The van der Waals surface area contributed by atoms with E-state index in [0.717, 1.165) is 11.1 Å². The molecule has 192 valence electrons. The van der Waals surface area contributed by atoms with Crippen molar-refractivity contribution in [3.63, 3.8) is 0 Å². The van der Waals surface area contributed by atoms with E-state index < -0.39 is 43.7 Å². The molecule has 3 atom stereocenters. The SMILES string of the molecule is Cc1ccc(S(=O)[C@H](C(=O)OC(C)(C)C)[C@H](NS(=O)(=O)c2ccc(C)cc2)c2ccc(Cl)cc2)cc1. The zero-order valence-electron chi connectivity index (χ0n) is 20.8. The third-order valence-electron chi connectivity index (χ3n) is 5.27. The number of carbonyl (C=O) groups is 1. The van der Waals surface area contributed by atoms with Gasteiger partial charge in [0.2, 0.25) is 10.0 Å². The van der Waals surface area contributed by atoms with Gasteiger partial charge in [0.1, 0.15) is 5.60 Å². The van der Waals surface area contributed by atoms with Gasteiger partial charge in [-0.2, -0.15) is 0 Å². The molecule has 3 rings (SSSR count). The number of rotatable bonds is 8. The molecule has 0 heterocycles. The van der Waals surface area contributed by atoms with Crippen molar-refractivity contribution in [2.24, 2.45) is 0 Å². The van der Waals surface area contributed by atoms with Crippen LogP contribution in [-0.2, 0) is 30.4 Å². The van der Waals surface area contributed by atoms with Crippen LogP contribution in [0.5, 0.6) is 0 Å². The highest BCUT2D eigenvalue weighted by Crippen LogP contribution is 2.30. The standard InChI is InChI=1S/C27H30ClNO5S2/c1-18-6-14-22(15-7-18)35(31)25(26(30)34-27(3,4)5)24(20-10-12-21(28)13-11-20)29-36(32,33)23-16-8-19(2)9-17-23/h6-17,24-25,29H,1-5H3/t24-,25+,35?/m1/s1. The van der Waals surface area contributed by atoms with Gasteiger partial charge in [-0.1, -0.05) is 59.1 Å². The lowest BCUT2D eigenvalue weighted by atomic mass is 10.0. The number of aryl methyl sites for hydroxylation is 2. The van der Waals surface area contributed by atoms with Crippen LogP contribution in [-0.4, -0.2) is 29.4 Å². The summed E-state index contributed by atoms with van der Waals surface area (Å²) in [6.07, 6.45) is 0. The summed E-state index contributed by atoms with van der Waals surface area (Å²) in [5.74, 6) is -0.784. The summed E-state index contributed by atoms with van der Waals surface area (Å²) in [5, 5.41) is -0.944. The number of carbonyl (C=O) groups excluding carboxylic acids is 1. The summed E-state index contributed by atoms with van der Waals surface area (Å²) < 4.78 is 49.0. The molecule has 0 fully saturated rings. The molecule has 1 unspecified atom stereocenters. The van der Waals surface area contributed by atoms with Crippen LogP contribution in [0.1, 0.15) is 43.5 Å². The number of benzene rings is 3. The number of nitrogens with one attached hydrogen (secondary N) is 1. The molecule has 0 spiro atoms. The zero-order chi connectivity index (χ0) is 26.7. The van der Waals surface area contributed by atoms with Crippen molar-refractivity contribution in [3.05, 3.63) is 94.5 Å². The summed E-state index contributed by atoms with van der Waals surface area (Å²) in [7, 11) is -6.06. The minimum atomic E-state index is -4.10. The molecule has 3 aromatic rings. The van der Waals surface area contributed by atoms with Crippen LogP contribution in [0.25, 0.3) is 0 Å². The Balaban J connectivity index is 2.16. The minimum Gasteiger partial charge on any atom is -0.459 e. The van der Waals surface area contributed by atoms with Crippen molar-refractivity contribution >= 4 is 38.4 Å². The molecule has 0 bridgehead atoms. The van der Waals surface area contributed by atoms with Crippen molar-refractivity contribution in [3.8, 4) is 0 Å². The van der Waals surface area contributed by atoms with Gasteiger partial charge >= 0.3 is 5.97 Å². The van der Waals surface area contributed by atoms with E-state index in [2.05, 4.69) is 4.72 Å². The van der Waals surface area contributed by atoms with Crippen molar-refractivity contribution in [2.45, 2.75) is 61.3 Å². The largest absolute Gasteiger partial charge is 0.459 e. The van der Waals surface area contributed by atoms with Gasteiger partial charge in [-0.25, -0.2) is 13.1 Å². The summed E-state index contributed by atoms with van der Waals surface area (Å²) >= 11 is 6.07. The normalized spacial score (nSPS) is 14.6. The predicted octanol–water partition coefficient (Wildman–Crippen LogP) is 5.49. The maximum absolute atomic E-state index is 13.9. The second kappa shape index (κ2) is 11.3. The third kappa shape index (κ3) is 7.26. The van der Waals surface area contributed by atoms with E-state index in [1.54, 1.807) is 81.4 Å². The van der Waals surface area contributed by atoms with E-state index in [0.29, 0.717) is 15.5 Å². The summed E-state index contributed by atoms with van der Waals surface area (Å²) in [5.41, 5.74) is 1.40. The van der Waals surface area contributed by atoms with Crippen molar-refractivity contribution in [1.82, 2.24) is 4.72 Å². The summed E-state index contributed by atoms with van der Waals surface area (Å²) in [6.45, 7) is 8.84. The van der Waals surface area contributed by atoms with Crippen molar-refractivity contribution in [1.29, 1.82) is 0 Å². The monoisotopic (exact) mass is 547 g/mol. The molecular weight excluding hydrogens is 518 g/mol. The molecule has 0 amide bonds. The lowest BCUT2D eigenvalue weighted by Crippen LogP contribution is -2.45. The van der Waals surface area contributed by atoms with Crippen molar-refractivity contribution < 1.29 is 22.2 Å². The predicted molar refractivity (Wildman–Crippen MR) is 143 cm³/mol. The number of hydrogen-bond acceptors (Lipinski definition) is 5. The lowest BCUT2D eigenvalue weighted by molar-refractivity contribution is -0.154. The van der Waals surface area contributed by atoms with Crippen LogP contribution in [0, 0.1) is 13.8 Å². The molecule has 3 aromatic carbocycles. The Labute approximate surface area is 220 Å². The Kier molecular flexibility index (Phi) is 8.77. The van der Waals surface area contributed by atoms with Crippen LogP contribution < -0.4 is 4.72 Å². The topological polar surface area (TPSA) is 89.5 Å². The highest BCUT2D eigenvalue weighted by atomic mass is 35.5. The van der Waals surface area contributed by atoms with Crippen LogP contribution in [0.3, 0.4) is 0 Å². The van der Waals surface area contributed by atoms with E-state index in [1.165, 1.54) is 12.1 Å². The molecule has 36 heavy (non-hydrogen) atoms. The van der Waals surface area contributed by atoms with E-state index in [4.69, 9.17) is 16.3 Å². The van der Waals surface area contributed by atoms with Crippen LogP contribution in [0.4, 0.5) is 0 Å². The average Bonchev–Trinajstić information content (AvgIpc) is 2.78. The molecule has 0 aromatic heterocycles. The molecule has 0 saturated heterocycles. The highest BCUT2D eigenvalue weighted by molar-refractivity contribution is 7.89. The quantitative estimate of drug-likeness (QED) is 0.376. The summed E-state index contributed by atoms with van der Waals surface area (Å²) in [6, 6.07) is 18.4. The van der Waals surface area contributed by atoms with E-state index in [1.807, 2.05) is 13.8 Å². The molecular formula is C27H30ClNO5S2. The average molecular weight is 548 g/mol. The van der Waals surface area contributed by atoms with Gasteiger partial charge in [0.15, 0.2) is 5.25 Å². The van der Waals surface area contributed by atoms with Gasteiger partial charge in [0, 0.05) is 9.92 Å². The van der Waals surface area contributed by atoms with Crippen LogP contribution in [0.2, 0.25) is 5.02 Å². The Morgan fingerprint density at radius 2 is 1.39 bits per heavy atom. The fourth-order valence-electron chi connectivity index (χ4n) is 3.45. The summed E-state index contributed by atoms with van der Waals surface area (Å²) in [4.78, 5) is 13.9. The number of halogens is 1. The number of sulfonamides is 1. The van der Waals surface area contributed by atoms with Gasteiger partial charge in [0.05, 0.1) is 21.7 Å². The van der Waals surface area contributed by atoms with E-state index >= 15 is 0 Å². The van der Waals surface area contributed by atoms with Gasteiger partial charge in [0.25, 0.3) is 0 Å². The fourth-order valence-corrected chi connectivity index (χ4v) is 6.30. The van der Waals surface area contributed by atoms with Crippen LogP contribution in [0.15, 0.2) is 82.6 Å². The molecule has 1 N–H and O–H groups in total. The molecule has 0 saturated carbocycles. The smallest absolute Gasteiger partial charge is 0.324 e. The maximum atomic E-state index is 13.9. The molecule has 9 heteroatoms. The Hall–Kier alpha value is -2.52. The highest BCUT2D eigenvalue weighted by Gasteiger charge is 2.41. The Morgan fingerprint density at radius 3 is 1.89 bits per heavy atom. The van der Waals surface area contributed by atoms with E-state index in [-0.39, 0.29) is 4.90 Å². The van der Waals surface area contributed by atoms with Gasteiger partial charge in [-0.05, 0) is 76.6 Å². The first-order chi connectivity index (χ1) is 16.8. The van der Waals surface area contributed by atoms with Crippen LogP contribution >= 0.6 is 11.6 Å². The minimum absolute atomic E-state index is 0.0242. The Morgan fingerprint density at radius 1 is 0.889 bits per heavy atom. The second-order valence-electron chi connectivity index (χ2n) is 9.53. The molecule has 0 aliphatic carbocycles. The first-order valence-corrected chi connectivity index (χ1v) is 14.4. The maximum Gasteiger partial charge on any atom is 0.324 e. The first-order valence-electron chi connectivity index (χ1n) is 11.3.